The van der Waals surface area contributed by atoms with Crippen molar-refractivity contribution in [3.63, 3.8) is 0 Å². The van der Waals surface area contributed by atoms with Crippen LogP contribution < -0.4 is 0 Å². The molecule has 2 aromatic carbocycles. The van der Waals surface area contributed by atoms with Crippen LogP contribution in [0, 0.1) is 5.92 Å². The van der Waals surface area contributed by atoms with Gasteiger partial charge >= 0.3 is 0 Å². The molecule has 1 saturated heterocycles. The fraction of sp³-hybridized carbons (Fsp3) is 0.333. The Hall–Kier alpha value is -1.97. The van der Waals surface area contributed by atoms with Gasteiger partial charge < -0.3 is 4.90 Å². The highest BCUT2D eigenvalue weighted by molar-refractivity contribution is 6.30. The van der Waals surface area contributed by atoms with Crippen LogP contribution in [0.3, 0.4) is 0 Å². The standard InChI is InChI=1S/C21H22ClNO2/c1-23-12-11-20(24)19(14-23)18(15-7-9-17(22)10-8-15)13-21(25)16-5-3-2-4-6-16/h2-10,18-19H,11-14H2,1H3/t18-,19-/m0/s1. The normalized spacial score (nSPS) is 19.6. The summed E-state index contributed by atoms with van der Waals surface area (Å²) in [6.07, 6.45) is 0.876. The predicted octanol–water partition coefficient (Wildman–Crippen LogP) is 4.22. The molecule has 1 aliphatic rings. The van der Waals surface area contributed by atoms with E-state index in [9.17, 15) is 9.59 Å². The van der Waals surface area contributed by atoms with E-state index in [1.165, 1.54) is 0 Å². The lowest BCUT2D eigenvalue weighted by Gasteiger charge is -2.34. The van der Waals surface area contributed by atoms with E-state index < -0.39 is 0 Å². The summed E-state index contributed by atoms with van der Waals surface area (Å²) >= 11 is 6.01. The van der Waals surface area contributed by atoms with Gasteiger partial charge in [0.25, 0.3) is 0 Å². The molecule has 25 heavy (non-hydrogen) atoms. The second-order valence-electron chi connectivity index (χ2n) is 6.74. The monoisotopic (exact) mass is 355 g/mol. The molecule has 2 aromatic rings. The van der Waals surface area contributed by atoms with Crippen LogP contribution in [0.1, 0.15) is 34.7 Å². The van der Waals surface area contributed by atoms with Crippen molar-refractivity contribution in [1.82, 2.24) is 4.90 Å². The topological polar surface area (TPSA) is 37.4 Å². The van der Waals surface area contributed by atoms with Crippen molar-refractivity contribution in [3.05, 3.63) is 70.7 Å². The number of halogens is 1. The van der Waals surface area contributed by atoms with E-state index in [0.29, 0.717) is 30.0 Å². The van der Waals surface area contributed by atoms with Gasteiger partial charge in [0.2, 0.25) is 0 Å². The number of nitrogens with zero attached hydrogens (tertiary/aromatic N) is 1. The molecule has 0 aliphatic carbocycles. The minimum absolute atomic E-state index is 0.0709. The van der Waals surface area contributed by atoms with E-state index in [1.807, 2.05) is 61.6 Å². The number of rotatable bonds is 5. The van der Waals surface area contributed by atoms with Gasteiger partial charge in [-0.1, -0.05) is 54.1 Å². The number of piperidine rings is 1. The number of hydrogen-bond donors (Lipinski definition) is 0. The number of hydrogen-bond acceptors (Lipinski definition) is 3. The van der Waals surface area contributed by atoms with Crippen LogP contribution in [0.2, 0.25) is 5.02 Å². The van der Waals surface area contributed by atoms with Crippen LogP contribution in [0.25, 0.3) is 0 Å². The Morgan fingerprint density at radius 1 is 1.16 bits per heavy atom. The molecule has 1 aliphatic heterocycles. The molecule has 0 saturated carbocycles. The third kappa shape index (κ3) is 4.36. The Morgan fingerprint density at radius 3 is 2.52 bits per heavy atom. The zero-order valence-corrected chi connectivity index (χ0v) is 15.1. The molecule has 2 atom stereocenters. The average molecular weight is 356 g/mol. The summed E-state index contributed by atoms with van der Waals surface area (Å²) in [7, 11) is 2.03. The quantitative estimate of drug-likeness (QED) is 0.754. The molecule has 3 rings (SSSR count). The maximum absolute atomic E-state index is 12.8. The minimum Gasteiger partial charge on any atom is -0.305 e. The molecule has 3 nitrogen and oxygen atoms in total. The summed E-state index contributed by atoms with van der Waals surface area (Å²) in [4.78, 5) is 27.5. The molecule has 0 amide bonds. The minimum atomic E-state index is -0.160. The van der Waals surface area contributed by atoms with Crippen LogP contribution in [-0.2, 0) is 4.79 Å². The van der Waals surface area contributed by atoms with E-state index >= 15 is 0 Å². The Labute approximate surface area is 153 Å². The van der Waals surface area contributed by atoms with Crippen molar-refractivity contribution in [2.75, 3.05) is 20.1 Å². The first kappa shape index (κ1) is 17.8. The van der Waals surface area contributed by atoms with Gasteiger partial charge in [0.05, 0.1) is 0 Å². The summed E-state index contributed by atoms with van der Waals surface area (Å²) in [5, 5.41) is 0.656. The van der Waals surface area contributed by atoms with Gasteiger partial charge in [0.1, 0.15) is 5.78 Å². The molecule has 130 valence electrons. The molecule has 4 heteroatoms. The van der Waals surface area contributed by atoms with Gasteiger partial charge in [-0.05, 0) is 24.7 Å². The Morgan fingerprint density at radius 2 is 1.84 bits per heavy atom. The van der Waals surface area contributed by atoms with Crippen LogP contribution in [0.15, 0.2) is 54.6 Å². The first-order valence-corrected chi connectivity index (χ1v) is 8.97. The highest BCUT2D eigenvalue weighted by Gasteiger charge is 2.34. The second kappa shape index (κ2) is 7.94. The van der Waals surface area contributed by atoms with Crippen LogP contribution in [0.5, 0.6) is 0 Å². The number of carbonyl (C=O) groups is 2. The zero-order chi connectivity index (χ0) is 17.8. The summed E-state index contributed by atoms with van der Waals surface area (Å²) in [6, 6.07) is 16.8. The lowest BCUT2D eigenvalue weighted by Crippen LogP contribution is -2.41. The molecule has 1 fully saturated rings. The summed E-state index contributed by atoms with van der Waals surface area (Å²) in [6.45, 7) is 1.48. The highest BCUT2D eigenvalue weighted by Crippen LogP contribution is 2.34. The van der Waals surface area contributed by atoms with Crippen molar-refractivity contribution < 1.29 is 9.59 Å². The third-order valence-corrected chi connectivity index (χ3v) is 5.20. The Balaban J connectivity index is 1.90. The van der Waals surface area contributed by atoms with Gasteiger partial charge in [0, 0.05) is 48.4 Å². The number of benzene rings is 2. The van der Waals surface area contributed by atoms with Crippen LogP contribution in [-0.4, -0.2) is 36.6 Å². The maximum atomic E-state index is 12.8. The Bertz CT molecular complexity index is 742. The molecule has 0 spiro atoms. The smallest absolute Gasteiger partial charge is 0.163 e. The average Bonchev–Trinajstić information content (AvgIpc) is 2.63. The second-order valence-corrected chi connectivity index (χ2v) is 7.17. The zero-order valence-electron chi connectivity index (χ0n) is 14.3. The first-order chi connectivity index (χ1) is 12.0. The van der Waals surface area contributed by atoms with Crippen molar-refractivity contribution in [2.45, 2.75) is 18.8 Å². The Kier molecular flexibility index (Phi) is 5.67. The van der Waals surface area contributed by atoms with Crippen molar-refractivity contribution in [1.29, 1.82) is 0 Å². The molecule has 0 unspecified atom stereocenters. The molecule has 0 N–H and O–H groups in total. The predicted molar refractivity (Wildman–Crippen MR) is 100 cm³/mol. The fourth-order valence-electron chi connectivity index (χ4n) is 3.51. The van der Waals surface area contributed by atoms with E-state index in [0.717, 1.165) is 12.1 Å². The largest absolute Gasteiger partial charge is 0.305 e. The summed E-state index contributed by atoms with van der Waals surface area (Å²) in [5.41, 5.74) is 1.69. The van der Waals surface area contributed by atoms with Crippen LogP contribution in [0.4, 0.5) is 0 Å². The van der Waals surface area contributed by atoms with Crippen molar-refractivity contribution >= 4 is 23.2 Å². The SMILES string of the molecule is CN1CCC(=O)[C@H]([C@@H](CC(=O)c2ccccc2)c2ccc(Cl)cc2)C1. The van der Waals surface area contributed by atoms with Crippen molar-refractivity contribution in [3.8, 4) is 0 Å². The highest BCUT2D eigenvalue weighted by atomic mass is 35.5. The van der Waals surface area contributed by atoms with E-state index in [1.54, 1.807) is 0 Å². The molecular formula is C21H22ClNO2. The summed E-state index contributed by atoms with van der Waals surface area (Å²) in [5.74, 6) is 0.0355. The van der Waals surface area contributed by atoms with E-state index in [4.69, 9.17) is 11.6 Å². The van der Waals surface area contributed by atoms with Crippen molar-refractivity contribution in [2.24, 2.45) is 5.92 Å². The number of Topliss-reactive ketones (excluding diaryl/α,β-unsaturated/α-hetero) is 2. The fourth-order valence-corrected chi connectivity index (χ4v) is 3.64. The van der Waals surface area contributed by atoms with E-state index in [2.05, 4.69) is 4.90 Å². The third-order valence-electron chi connectivity index (χ3n) is 4.95. The van der Waals surface area contributed by atoms with E-state index in [-0.39, 0.29) is 23.4 Å². The molecule has 1 heterocycles. The molecule has 0 aromatic heterocycles. The number of ketones is 2. The molecular weight excluding hydrogens is 334 g/mol. The molecule has 0 radical (unpaired) electrons. The lowest BCUT2D eigenvalue weighted by atomic mass is 9.77. The number of likely N-dealkylation sites (tertiary alicyclic amines) is 1. The summed E-state index contributed by atoms with van der Waals surface area (Å²) < 4.78 is 0. The van der Waals surface area contributed by atoms with Gasteiger partial charge in [-0.25, -0.2) is 0 Å². The van der Waals surface area contributed by atoms with Gasteiger partial charge in [-0.3, -0.25) is 9.59 Å². The number of carbonyl (C=O) groups excluding carboxylic acids is 2. The lowest BCUT2D eigenvalue weighted by molar-refractivity contribution is -0.126. The first-order valence-electron chi connectivity index (χ1n) is 8.59. The van der Waals surface area contributed by atoms with Gasteiger partial charge in [0.15, 0.2) is 5.78 Å². The van der Waals surface area contributed by atoms with Crippen LogP contribution >= 0.6 is 11.6 Å². The van der Waals surface area contributed by atoms with Gasteiger partial charge in [-0.15, -0.1) is 0 Å². The molecule has 0 bridgehead atoms. The maximum Gasteiger partial charge on any atom is 0.163 e. The van der Waals surface area contributed by atoms with Gasteiger partial charge in [-0.2, -0.15) is 0 Å².